The Bertz CT molecular complexity index is 597. The molecule has 0 fully saturated rings. The van der Waals surface area contributed by atoms with E-state index in [1.165, 1.54) is 6.20 Å². The number of aryl methyl sites for hydroxylation is 1. The number of aromatic nitrogens is 1. The molecule has 0 atom stereocenters. The summed E-state index contributed by atoms with van der Waals surface area (Å²) in [5.74, 6) is 0.00568. The second kappa shape index (κ2) is 4.75. The monoisotopic (exact) mass is 243 g/mol. The minimum Gasteiger partial charge on any atom is -0.436 e. The fourth-order valence-electron chi connectivity index (χ4n) is 1.52. The largest absolute Gasteiger partial charge is 0.436 e. The molecule has 0 saturated carbocycles. The molecule has 0 radical (unpaired) electrons. The fourth-order valence-corrected chi connectivity index (χ4v) is 1.52. The van der Waals surface area contributed by atoms with E-state index in [-0.39, 0.29) is 11.4 Å². The van der Waals surface area contributed by atoms with Crippen molar-refractivity contribution in [3.05, 3.63) is 47.7 Å². The van der Waals surface area contributed by atoms with Gasteiger partial charge >= 0.3 is 0 Å². The maximum atomic E-state index is 11.2. The van der Waals surface area contributed by atoms with E-state index in [9.17, 15) is 4.79 Å². The van der Waals surface area contributed by atoms with Crippen molar-refractivity contribution in [3.8, 4) is 11.6 Å². The molecule has 0 aliphatic heterocycles. The molecule has 1 heterocycles. The number of carbonyl (C=O) groups is 1. The lowest BCUT2D eigenvalue weighted by atomic mass is 10.2. The summed E-state index contributed by atoms with van der Waals surface area (Å²) in [6.45, 7) is 1.93. The van der Waals surface area contributed by atoms with Gasteiger partial charge in [0.2, 0.25) is 5.88 Å². The summed E-state index contributed by atoms with van der Waals surface area (Å²) in [5.41, 5.74) is 12.8. The van der Waals surface area contributed by atoms with Gasteiger partial charge < -0.3 is 16.2 Å². The number of nitrogens with zero attached hydrogens (tertiary/aromatic N) is 1. The zero-order chi connectivity index (χ0) is 13.1. The number of nitrogens with two attached hydrogens (primary N) is 2. The van der Waals surface area contributed by atoms with Gasteiger partial charge in [-0.3, -0.25) is 4.79 Å². The van der Waals surface area contributed by atoms with Crippen LogP contribution < -0.4 is 16.2 Å². The smallest absolute Gasteiger partial charge is 0.254 e. The number of nitrogen functional groups attached to an aromatic ring is 1. The van der Waals surface area contributed by atoms with Crippen molar-refractivity contribution in [1.29, 1.82) is 0 Å². The Balaban J connectivity index is 2.37. The first-order valence-electron chi connectivity index (χ1n) is 5.36. The molecular formula is C13H13N3O2. The quantitative estimate of drug-likeness (QED) is 0.805. The van der Waals surface area contributed by atoms with Gasteiger partial charge in [-0.2, -0.15) is 0 Å². The first kappa shape index (κ1) is 11.9. The van der Waals surface area contributed by atoms with Gasteiger partial charge in [-0.25, -0.2) is 4.98 Å². The number of anilines is 1. The molecule has 4 N–H and O–H groups in total. The van der Waals surface area contributed by atoms with Crippen LogP contribution in [-0.2, 0) is 0 Å². The van der Waals surface area contributed by atoms with Gasteiger partial charge in [0.05, 0.1) is 5.69 Å². The molecule has 0 spiro atoms. The second-order valence-electron chi connectivity index (χ2n) is 3.86. The van der Waals surface area contributed by atoms with Crippen LogP contribution in [-0.4, -0.2) is 10.9 Å². The first-order chi connectivity index (χ1) is 8.58. The van der Waals surface area contributed by atoms with Gasteiger partial charge in [-0.15, -0.1) is 0 Å². The minimum absolute atomic E-state index is 0.153. The van der Waals surface area contributed by atoms with Crippen LogP contribution in [0.25, 0.3) is 0 Å². The summed E-state index contributed by atoms with van der Waals surface area (Å²) in [5, 5.41) is 0. The van der Waals surface area contributed by atoms with E-state index in [2.05, 4.69) is 4.98 Å². The molecule has 1 aromatic carbocycles. The second-order valence-corrected chi connectivity index (χ2v) is 3.86. The van der Waals surface area contributed by atoms with Crippen molar-refractivity contribution in [3.63, 3.8) is 0 Å². The molecule has 92 valence electrons. The third-order valence-electron chi connectivity index (χ3n) is 2.41. The first-order valence-corrected chi connectivity index (χ1v) is 5.36. The summed E-state index contributed by atoms with van der Waals surface area (Å²) in [4.78, 5) is 15.2. The normalized spacial score (nSPS) is 10.1. The van der Waals surface area contributed by atoms with Crippen molar-refractivity contribution in [2.24, 2.45) is 5.73 Å². The van der Waals surface area contributed by atoms with Gasteiger partial charge in [0.15, 0.2) is 5.75 Å². The highest BCUT2D eigenvalue weighted by Gasteiger charge is 2.12. The Morgan fingerprint density at radius 1 is 1.33 bits per heavy atom. The van der Waals surface area contributed by atoms with Gasteiger partial charge in [0.25, 0.3) is 5.91 Å². The lowest BCUT2D eigenvalue weighted by molar-refractivity contribution is 0.0997. The molecule has 2 aromatic rings. The molecule has 0 aliphatic rings. The lowest BCUT2D eigenvalue weighted by Gasteiger charge is -2.10. The van der Waals surface area contributed by atoms with E-state index in [0.29, 0.717) is 11.4 Å². The predicted molar refractivity (Wildman–Crippen MR) is 68.4 cm³/mol. The SMILES string of the molecule is Cc1ccc(Oc2ncccc2C(N)=O)c(N)c1. The van der Waals surface area contributed by atoms with Crippen LogP contribution in [0.15, 0.2) is 36.5 Å². The molecule has 0 saturated heterocycles. The Morgan fingerprint density at radius 2 is 2.11 bits per heavy atom. The number of amides is 1. The van der Waals surface area contributed by atoms with E-state index in [1.54, 1.807) is 24.3 Å². The Kier molecular flexibility index (Phi) is 3.14. The molecule has 1 amide bonds. The fraction of sp³-hybridized carbons (Fsp3) is 0.0769. The van der Waals surface area contributed by atoms with Crippen LogP contribution in [0.3, 0.4) is 0 Å². The summed E-state index contributed by atoms with van der Waals surface area (Å²) in [7, 11) is 0. The number of benzene rings is 1. The highest BCUT2D eigenvalue weighted by Crippen LogP contribution is 2.28. The van der Waals surface area contributed by atoms with Gasteiger partial charge in [-0.1, -0.05) is 6.07 Å². The predicted octanol–water partition coefficient (Wildman–Crippen LogP) is 1.86. The highest BCUT2D eigenvalue weighted by molar-refractivity contribution is 5.95. The number of hydrogen-bond donors (Lipinski definition) is 2. The summed E-state index contributed by atoms with van der Waals surface area (Å²) >= 11 is 0. The van der Waals surface area contributed by atoms with E-state index in [1.807, 2.05) is 13.0 Å². The highest BCUT2D eigenvalue weighted by atomic mass is 16.5. The number of hydrogen-bond acceptors (Lipinski definition) is 4. The number of pyridine rings is 1. The average molecular weight is 243 g/mol. The molecule has 0 bridgehead atoms. The molecule has 0 aliphatic carbocycles. The number of rotatable bonds is 3. The maximum Gasteiger partial charge on any atom is 0.254 e. The summed E-state index contributed by atoms with van der Waals surface area (Å²) in [6.07, 6.45) is 1.52. The van der Waals surface area contributed by atoms with Crippen LogP contribution in [0.2, 0.25) is 0 Å². The summed E-state index contributed by atoms with van der Waals surface area (Å²) in [6, 6.07) is 8.53. The summed E-state index contributed by atoms with van der Waals surface area (Å²) < 4.78 is 5.52. The lowest BCUT2D eigenvalue weighted by Crippen LogP contribution is -2.13. The van der Waals surface area contributed by atoms with Crippen LogP contribution in [0.4, 0.5) is 5.69 Å². The van der Waals surface area contributed by atoms with Crippen molar-refractivity contribution in [1.82, 2.24) is 4.98 Å². The van der Waals surface area contributed by atoms with Crippen molar-refractivity contribution < 1.29 is 9.53 Å². The number of carbonyl (C=O) groups excluding carboxylic acids is 1. The van der Waals surface area contributed by atoms with Gasteiger partial charge in [-0.05, 0) is 36.8 Å². The minimum atomic E-state index is -0.594. The standard InChI is InChI=1S/C13H13N3O2/c1-8-4-5-11(10(14)7-8)18-13-9(12(15)17)3-2-6-16-13/h2-7H,14H2,1H3,(H2,15,17). The topological polar surface area (TPSA) is 91.2 Å². The Hall–Kier alpha value is -2.56. The van der Waals surface area contributed by atoms with Gasteiger partial charge in [0, 0.05) is 6.20 Å². The molecule has 1 aromatic heterocycles. The Morgan fingerprint density at radius 3 is 2.78 bits per heavy atom. The van der Waals surface area contributed by atoms with Crippen molar-refractivity contribution >= 4 is 11.6 Å². The third-order valence-corrected chi connectivity index (χ3v) is 2.41. The van der Waals surface area contributed by atoms with E-state index >= 15 is 0 Å². The van der Waals surface area contributed by atoms with E-state index < -0.39 is 5.91 Å². The van der Waals surface area contributed by atoms with E-state index in [0.717, 1.165) is 5.56 Å². The molecular weight excluding hydrogens is 230 g/mol. The number of primary amides is 1. The van der Waals surface area contributed by atoms with Crippen LogP contribution in [0, 0.1) is 6.92 Å². The van der Waals surface area contributed by atoms with Crippen LogP contribution >= 0.6 is 0 Å². The zero-order valence-electron chi connectivity index (χ0n) is 9.88. The molecule has 18 heavy (non-hydrogen) atoms. The third kappa shape index (κ3) is 2.40. The van der Waals surface area contributed by atoms with Crippen LogP contribution in [0.1, 0.15) is 15.9 Å². The average Bonchev–Trinajstić information content (AvgIpc) is 2.33. The number of ether oxygens (including phenoxy) is 1. The van der Waals surface area contributed by atoms with Crippen molar-refractivity contribution in [2.75, 3.05) is 5.73 Å². The maximum absolute atomic E-state index is 11.2. The van der Waals surface area contributed by atoms with E-state index in [4.69, 9.17) is 16.2 Å². The zero-order valence-corrected chi connectivity index (χ0v) is 9.88. The Labute approximate surface area is 104 Å². The van der Waals surface area contributed by atoms with Gasteiger partial charge in [0.1, 0.15) is 5.56 Å². The molecule has 2 rings (SSSR count). The van der Waals surface area contributed by atoms with Crippen molar-refractivity contribution in [2.45, 2.75) is 6.92 Å². The molecule has 0 unspecified atom stereocenters. The van der Waals surface area contributed by atoms with Crippen LogP contribution in [0.5, 0.6) is 11.6 Å². The molecule has 5 nitrogen and oxygen atoms in total. The molecule has 5 heteroatoms.